The molecule has 0 radical (unpaired) electrons. The van der Waals surface area contributed by atoms with E-state index in [1.807, 2.05) is 37.3 Å². The summed E-state index contributed by atoms with van der Waals surface area (Å²) in [4.78, 5) is 13.7. The largest absolute Gasteiger partial charge is 0.395 e. The number of benzene rings is 1. The number of rotatable bonds is 5. The van der Waals surface area contributed by atoms with Crippen LogP contribution in [0.1, 0.15) is 17.4 Å². The molecule has 1 amide bonds. The zero-order valence-electron chi connectivity index (χ0n) is 10.8. The van der Waals surface area contributed by atoms with E-state index in [0.717, 1.165) is 11.3 Å². The summed E-state index contributed by atoms with van der Waals surface area (Å²) in [6, 6.07) is 11.4. The summed E-state index contributed by atoms with van der Waals surface area (Å²) >= 11 is 0. The van der Waals surface area contributed by atoms with Crippen LogP contribution in [0.2, 0.25) is 0 Å². The fourth-order valence-corrected chi connectivity index (χ4v) is 1.88. The number of hydrogen-bond donors (Lipinski definition) is 2. The van der Waals surface area contributed by atoms with E-state index in [2.05, 4.69) is 10.2 Å². The second-order valence-corrected chi connectivity index (χ2v) is 4.14. The molecule has 2 aromatic rings. The van der Waals surface area contributed by atoms with E-state index in [-0.39, 0.29) is 12.5 Å². The fraction of sp³-hybridized carbons (Fsp3) is 0.286. The van der Waals surface area contributed by atoms with Gasteiger partial charge in [0.25, 0.3) is 5.91 Å². The van der Waals surface area contributed by atoms with E-state index < -0.39 is 0 Å². The highest BCUT2D eigenvalue weighted by atomic mass is 16.3. The Morgan fingerprint density at radius 3 is 2.74 bits per heavy atom. The maximum absolute atomic E-state index is 12.2. The summed E-state index contributed by atoms with van der Waals surface area (Å²) in [6.07, 6.45) is 0. The Kier molecular flexibility index (Phi) is 4.30. The molecule has 0 spiro atoms. The van der Waals surface area contributed by atoms with Gasteiger partial charge in [0.05, 0.1) is 12.3 Å². The van der Waals surface area contributed by atoms with Gasteiger partial charge in [-0.2, -0.15) is 5.10 Å². The highest BCUT2D eigenvalue weighted by Crippen LogP contribution is 2.17. The lowest BCUT2D eigenvalue weighted by molar-refractivity contribution is 0.0726. The number of likely N-dealkylation sites (N-methyl/N-ethyl adjacent to an activating group) is 1. The molecule has 0 bridgehead atoms. The van der Waals surface area contributed by atoms with Crippen LogP contribution in [0.15, 0.2) is 36.4 Å². The highest BCUT2D eigenvalue weighted by Gasteiger charge is 2.16. The van der Waals surface area contributed by atoms with Gasteiger partial charge in [0, 0.05) is 18.7 Å². The molecular weight excluding hydrogens is 242 g/mol. The minimum Gasteiger partial charge on any atom is -0.395 e. The van der Waals surface area contributed by atoms with Crippen molar-refractivity contribution in [1.29, 1.82) is 0 Å². The number of aliphatic hydroxyl groups is 1. The zero-order chi connectivity index (χ0) is 13.7. The molecule has 1 heterocycles. The van der Waals surface area contributed by atoms with Crippen LogP contribution >= 0.6 is 0 Å². The van der Waals surface area contributed by atoms with Gasteiger partial charge in [-0.3, -0.25) is 9.89 Å². The van der Waals surface area contributed by atoms with E-state index in [1.54, 1.807) is 11.0 Å². The number of aromatic nitrogens is 2. The molecule has 0 aliphatic heterocycles. The van der Waals surface area contributed by atoms with Crippen LogP contribution < -0.4 is 0 Å². The first-order valence-electron chi connectivity index (χ1n) is 6.27. The summed E-state index contributed by atoms with van der Waals surface area (Å²) in [5.74, 6) is -0.147. The summed E-state index contributed by atoms with van der Waals surface area (Å²) < 4.78 is 0. The predicted octanol–water partition coefficient (Wildman–Crippen LogP) is 1.53. The zero-order valence-corrected chi connectivity index (χ0v) is 10.8. The smallest absolute Gasteiger partial charge is 0.271 e. The molecule has 1 aromatic carbocycles. The quantitative estimate of drug-likeness (QED) is 0.855. The van der Waals surface area contributed by atoms with Crippen LogP contribution in [0.3, 0.4) is 0 Å². The first kappa shape index (κ1) is 13.3. The van der Waals surface area contributed by atoms with Gasteiger partial charge < -0.3 is 10.0 Å². The van der Waals surface area contributed by atoms with Crippen molar-refractivity contribution in [3.63, 3.8) is 0 Å². The summed E-state index contributed by atoms with van der Waals surface area (Å²) in [5.41, 5.74) is 2.14. The summed E-state index contributed by atoms with van der Waals surface area (Å²) in [7, 11) is 0. The normalized spacial score (nSPS) is 10.4. The standard InChI is InChI=1S/C14H17N3O2/c1-2-17(8-9-18)14(19)13-10-12(15-16-13)11-6-4-3-5-7-11/h3-7,10,18H,2,8-9H2,1H3,(H,15,16). The molecule has 100 valence electrons. The minimum atomic E-state index is -0.147. The topological polar surface area (TPSA) is 69.2 Å². The van der Waals surface area contributed by atoms with Crippen molar-refractivity contribution in [1.82, 2.24) is 15.1 Å². The lowest BCUT2D eigenvalue weighted by Crippen LogP contribution is -2.33. The van der Waals surface area contributed by atoms with Crippen molar-refractivity contribution in [3.05, 3.63) is 42.1 Å². The van der Waals surface area contributed by atoms with E-state index in [1.165, 1.54) is 0 Å². The second kappa shape index (κ2) is 6.15. The number of nitrogens with one attached hydrogen (secondary N) is 1. The SMILES string of the molecule is CCN(CCO)C(=O)c1cc(-c2ccccc2)n[nH]1. The number of aliphatic hydroxyl groups excluding tert-OH is 1. The van der Waals surface area contributed by atoms with Crippen LogP contribution in [0, 0.1) is 0 Å². The number of aromatic amines is 1. The average molecular weight is 259 g/mol. The average Bonchev–Trinajstić information content (AvgIpc) is 2.95. The maximum Gasteiger partial charge on any atom is 0.271 e. The summed E-state index contributed by atoms with van der Waals surface area (Å²) in [6.45, 7) is 2.72. The molecule has 0 atom stereocenters. The van der Waals surface area contributed by atoms with E-state index in [9.17, 15) is 4.79 Å². The van der Waals surface area contributed by atoms with Crippen LogP contribution in [0.25, 0.3) is 11.3 Å². The highest BCUT2D eigenvalue weighted by molar-refractivity contribution is 5.93. The molecule has 1 aromatic heterocycles. The van der Waals surface area contributed by atoms with Crippen LogP contribution in [0.5, 0.6) is 0 Å². The van der Waals surface area contributed by atoms with Crippen molar-refractivity contribution in [2.45, 2.75) is 6.92 Å². The first-order chi connectivity index (χ1) is 9.26. The number of H-pyrrole nitrogens is 1. The maximum atomic E-state index is 12.2. The van der Waals surface area contributed by atoms with Gasteiger partial charge in [0.15, 0.2) is 0 Å². The molecule has 2 N–H and O–H groups in total. The molecule has 0 saturated heterocycles. The third kappa shape index (κ3) is 3.00. The Labute approximate surface area is 111 Å². The van der Waals surface area contributed by atoms with Crippen molar-refractivity contribution in [2.75, 3.05) is 19.7 Å². The predicted molar refractivity (Wildman–Crippen MR) is 72.7 cm³/mol. The molecule has 5 heteroatoms. The third-order valence-corrected chi connectivity index (χ3v) is 2.92. The number of nitrogens with zero attached hydrogens (tertiary/aromatic N) is 2. The van der Waals surface area contributed by atoms with Crippen molar-refractivity contribution < 1.29 is 9.90 Å². The van der Waals surface area contributed by atoms with Gasteiger partial charge in [-0.1, -0.05) is 30.3 Å². The molecule has 2 rings (SSSR count). The van der Waals surface area contributed by atoms with Crippen LogP contribution in [-0.2, 0) is 0 Å². The number of hydrogen-bond acceptors (Lipinski definition) is 3. The van der Waals surface area contributed by atoms with Gasteiger partial charge >= 0.3 is 0 Å². The molecule has 19 heavy (non-hydrogen) atoms. The lowest BCUT2D eigenvalue weighted by Gasteiger charge is -2.18. The fourth-order valence-electron chi connectivity index (χ4n) is 1.88. The molecule has 5 nitrogen and oxygen atoms in total. The van der Waals surface area contributed by atoms with Crippen LogP contribution in [0.4, 0.5) is 0 Å². The van der Waals surface area contributed by atoms with Gasteiger partial charge in [0.2, 0.25) is 0 Å². The van der Waals surface area contributed by atoms with Crippen molar-refractivity contribution in [3.8, 4) is 11.3 Å². The molecule has 0 saturated carbocycles. The van der Waals surface area contributed by atoms with Crippen LogP contribution in [-0.4, -0.2) is 45.8 Å². The number of carbonyl (C=O) groups excluding carboxylic acids is 1. The van der Waals surface area contributed by atoms with Gasteiger partial charge in [-0.05, 0) is 13.0 Å². The minimum absolute atomic E-state index is 0.0424. The van der Waals surface area contributed by atoms with Gasteiger partial charge in [-0.25, -0.2) is 0 Å². The van der Waals surface area contributed by atoms with Crippen molar-refractivity contribution >= 4 is 5.91 Å². The molecule has 0 aliphatic carbocycles. The van der Waals surface area contributed by atoms with E-state index in [0.29, 0.717) is 18.8 Å². The molecule has 0 unspecified atom stereocenters. The van der Waals surface area contributed by atoms with Gasteiger partial charge in [0.1, 0.15) is 5.69 Å². The lowest BCUT2D eigenvalue weighted by atomic mass is 10.1. The molecular formula is C14H17N3O2. The van der Waals surface area contributed by atoms with Gasteiger partial charge in [-0.15, -0.1) is 0 Å². The number of amides is 1. The molecule has 0 aliphatic rings. The molecule has 0 fully saturated rings. The van der Waals surface area contributed by atoms with Crippen molar-refractivity contribution in [2.24, 2.45) is 0 Å². The van der Waals surface area contributed by atoms with E-state index >= 15 is 0 Å². The Hall–Kier alpha value is -2.14. The third-order valence-electron chi connectivity index (χ3n) is 2.92. The monoisotopic (exact) mass is 259 g/mol. The Morgan fingerprint density at radius 2 is 2.11 bits per heavy atom. The first-order valence-corrected chi connectivity index (χ1v) is 6.27. The summed E-state index contributed by atoms with van der Waals surface area (Å²) in [5, 5.41) is 15.8. The number of carbonyl (C=O) groups is 1. The second-order valence-electron chi connectivity index (χ2n) is 4.14. The Morgan fingerprint density at radius 1 is 1.37 bits per heavy atom. The Bertz CT molecular complexity index is 537. The Balaban J connectivity index is 2.19. The van der Waals surface area contributed by atoms with E-state index in [4.69, 9.17) is 5.11 Å².